The summed E-state index contributed by atoms with van der Waals surface area (Å²) in [5.41, 5.74) is 1.05. The summed E-state index contributed by atoms with van der Waals surface area (Å²) in [4.78, 5) is 14.5. The van der Waals surface area contributed by atoms with E-state index >= 15 is 0 Å². The van der Waals surface area contributed by atoms with E-state index < -0.39 is 10.0 Å². The second-order valence-electron chi connectivity index (χ2n) is 5.88. The maximum Gasteiger partial charge on any atom is 0.273 e. The van der Waals surface area contributed by atoms with Crippen molar-refractivity contribution in [3.8, 4) is 0 Å². The van der Waals surface area contributed by atoms with Crippen LogP contribution >= 0.6 is 15.9 Å². The molecule has 0 bridgehead atoms. The van der Waals surface area contributed by atoms with E-state index in [-0.39, 0.29) is 23.9 Å². The number of aryl methyl sites for hydroxylation is 2. The average molecular weight is 431 g/mol. The van der Waals surface area contributed by atoms with Gasteiger partial charge in [-0.05, 0) is 22.9 Å². The van der Waals surface area contributed by atoms with E-state index in [0.717, 1.165) is 0 Å². The van der Waals surface area contributed by atoms with Gasteiger partial charge in [0.1, 0.15) is 10.6 Å². The topological polar surface area (TPSA) is 93.3 Å². The van der Waals surface area contributed by atoms with Crippen molar-refractivity contribution in [2.24, 2.45) is 14.1 Å². The molecule has 11 heteroatoms. The van der Waals surface area contributed by atoms with E-state index in [4.69, 9.17) is 0 Å². The van der Waals surface area contributed by atoms with Gasteiger partial charge < -0.3 is 4.90 Å². The van der Waals surface area contributed by atoms with Crippen LogP contribution in [0.25, 0.3) is 0 Å². The lowest BCUT2D eigenvalue weighted by atomic mass is 10.3. The molecule has 2 aromatic rings. The number of carbonyl (C=O) groups excluding carboxylic acids is 1. The number of hydrogen-bond acceptors (Lipinski definition) is 5. The number of aromatic nitrogens is 4. The minimum atomic E-state index is -3.61. The van der Waals surface area contributed by atoms with Crippen LogP contribution in [0.3, 0.4) is 0 Å². The Bertz CT molecular complexity index is 892. The Balaban J connectivity index is 1.74. The van der Waals surface area contributed by atoms with Crippen LogP contribution in [0.15, 0.2) is 21.8 Å². The first kappa shape index (κ1) is 18.1. The smallest absolute Gasteiger partial charge is 0.273 e. The molecule has 0 aromatic carbocycles. The second kappa shape index (κ2) is 6.54. The monoisotopic (exact) mass is 430 g/mol. The first-order valence-corrected chi connectivity index (χ1v) is 9.92. The van der Waals surface area contributed by atoms with E-state index in [1.54, 1.807) is 32.1 Å². The molecular weight excluding hydrogens is 412 g/mol. The Morgan fingerprint density at radius 2 is 1.68 bits per heavy atom. The number of piperazine rings is 1. The van der Waals surface area contributed by atoms with Crippen molar-refractivity contribution in [1.29, 1.82) is 0 Å². The SMILES string of the molecule is Cc1c(S(=O)(=O)N2CCN(C(=O)c3c(Br)cnn3C)CC2)cnn1C. The van der Waals surface area contributed by atoms with Crippen molar-refractivity contribution in [3.63, 3.8) is 0 Å². The van der Waals surface area contributed by atoms with Crippen LogP contribution in [0, 0.1) is 6.92 Å². The Morgan fingerprint density at radius 1 is 1.08 bits per heavy atom. The average Bonchev–Trinajstić information content (AvgIpc) is 3.10. The van der Waals surface area contributed by atoms with Crippen molar-refractivity contribution in [3.05, 3.63) is 28.3 Å². The summed E-state index contributed by atoms with van der Waals surface area (Å²) in [5.74, 6) is -0.165. The van der Waals surface area contributed by atoms with Crippen LogP contribution in [0.2, 0.25) is 0 Å². The van der Waals surface area contributed by atoms with Crippen LogP contribution in [0.1, 0.15) is 16.2 Å². The molecule has 0 N–H and O–H groups in total. The fourth-order valence-electron chi connectivity index (χ4n) is 2.80. The molecule has 3 rings (SSSR count). The van der Waals surface area contributed by atoms with E-state index in [0.29, 0.717) is 29.0 Å². The van der Waals surface area contributed by atoms with Gasteiger partial charge in [-0.1, -0.05) is 0 Å². The van der Waals surface area contributed by atoms with Gasteiger partial charge in [0.2, 0.25) is 10.0 Å². The predicted molar refractivity (Wildman–Crippen MR) is 93.5 cm³/mol. The summed E-state index contributed by atoms with van der Waals surface area (Å²) in [6.45, 7) is 2.87. The molecule has 136 valence electrons. The quantitative estimate of drug-likeness (QED) is 0.700. The summed E-state index contributed by atoms with van der Waals surface area (Å²) >= 11 is 3.32. The fraction of sp³-hybridized carbons (Fsp3) is 0.500. The van der Waals surface area contributed by atoms with Gasteiger partial charge in [0.05, 0.1) is 22.6 Å². The van der Waals surface area contributed by atoms with Gasteiger partial charge in [0.25, 0.3) is 5.91 Å². The summed E-state index contributed by atoms with van der Waals surface area (Å²) in [7, 11) is -0.203. The lowest BCUT2D eigenvalue weighted by Gasteiger charge is -2.33. The molecule has 0 saturated carbocycles. The van der Waals surface area contributed by atoms with Crippen molar-refractivity contribution < 1.29 is 13.2 Å². The maximum absolute atomic E-state index is 12.8. The van der Waals surface area contributed by atoms with Gasteiger partial charge >= 0.3 is 0 Å². The molecule has 0 spiro atoms. The Morgan fingerprint density at radius 3 is 2.16 bits per heavy atom. The van der Waals surface area contributed by atoms with Crippen molar-refractivity contribution in [2.75, 3.05) is 26.2 Å². The van der Waals surface area contributed by atoms with E-state index in [9.17, 15) is 13.2 Å². The molecule has 1 amide bonds. The van der Waals surface area contributed by atoms with Gasteiger partial charge in [-0.2, -0.15) is 14.5 Å². The van der Waals surface area contributed by atoms with Crippen LogP contribution in [0.5, 0.6) is 0 Å². The maximum atomic E-state index is 12.8. The van der Waals surface area contributed by atoms with Gasteiger partial charge in [-0.15, -0.1) is 0 Å². The highest BCUT2D eigenvalue weighted by Crippen LogP contribution is 2.22. The molecular formula is C14H19BrN6O3S. The highest BCUT2D eigenvalue weighted by atomic mass is 79.9. The lowest BCUT2D eigenvalue weighted by molar-refractivity contribution is 0.0686. The lowest BCUT2D eigenvalue weighted by Crippen LogP contribution is -2.50. The minimum Gasteiger partial charge on any atom is -0.335 e. The molecule has 0 aliphatic carbocycles. The second-order valence-corrected chi connectivity index (χ2v) is 8.64. The fourth-order valence-corrected chi connectivity index (χ4v) is 4.93. The van der Waals surface area contributed by atoms with Crippen LogP contribution in [0.4, 0.5) is 0 Å². The molecule has 0 radical (unpaired) electrons. The number of hydrogen-bond donors (Lipinski definition) is 0. The molecule has 1 saturated heterocycles. The molecule has 1 aliphatic heterocycles. The number of amides is 1. The van der Waals surface area contributed by atoms with Crippen LogP contribution in [-0.4, -0.2) is 69.3 Å². The number of halogens is 1. The molecule has 0 atom stereocenters. The predicted octanol–water partition coefficient (Wildman–Crippen LogP) is 0.371. The molecule has 0 unspecified atom stereocenters. The van der Waals surface area contributed by atoms with Crippen LogP contribution < -0.4 is 0 Å². The zero-order valence-corrected chi connectivity index (χ0v) is 16.6. The summed E-state index contributed by atoms with van der Waals surface area (Å²) in [5, 5.41) is 8.05. The van der Waals surface area contributed by atoms with Gasteiger partial charge in [0, 0.05) is 40.3 Å². The number of rotatable bonds is 3. The third-order valence-electron chi connectivity index (χ3n) is 4.43. The third kappa shape index (κ3) is 3.11. The summed E-state index contributed by atoms with van der Waals surface area (Å²) in [6.07, 6.45) is 2.94. The van der Waals surface area contributed by atoms with Crippen molar-refractivity contribution in [2.45, 2.75) is 11.8 Å². The van der Waals surface area contributed by atoms with Crippen molar-refractivity contribution in [1.82, 2.24) is 28.8 Å². The molecule has 9 nitrogen and oxygen atoms in total. The molecule has 1 aliphatic rings. The molecule has 25 heavy (non-hydrogen) atoms. The zero-order valence-electron chi connectivity index (χ0n) is 14.2. The Kier molecular flexibility index (Phi) is 4.73. The Hall–Kier alpha value is -1.72. The Labute approximate surface area is 154 Å². The minimum absolute atomic E-state index is 0.165. The van der Waals surface area contributed by atoms with Crippen molar-refractivity contribution >= 4 is 31.9 Å². The first-order chi connectivity index (χ1) is 11.7. The zero-order chi connectivity index (χ0) is 18.4. The standard InChI is InChI=1S/C14H19BrN6O3S/c1-10-12(9-17-18(10)2)25(23,24)21-6-4-20(5-7-21)14(22)13-11(15)8-16-19(13)3/h8-9H,4-7H2,1-3H3. The summed E-state index contributed by atoms with van der Waals surface area (Å²) in [6, 6.07) is 0. The number of carbonyl (C=O) groups is 1. The van der Waals surface area contributed by atoms with Gasteiger partial charge in [-0.25, -0.2) is 8.42 Å². The largest absolute Gasteiger partial charge is 0.335 e. The van der Waals surface area contributed by atoms with Gasteiger partial charge in [-0.3, -0.25) is 14.2 Å². The van der Waals surface area contributed by atoms with E-state index in [1.165, 1.54) is 19.9 Å². The summed E-state index contributed by atoms with van der Waals surface area (Å²) < 4.78 is 30.6. The van der Waals surface area contributed by atoms with Gasteiger partial charge in [0.15, 0.2) is 0 Å². The number of sulfonamides is 1. The normalized spacial score (nSPS) is 16.4. The highest BCUT2D eigenvalue weighted by Gasteiger charge is 2.33. The molecule has 1 fully saturated rings. The molecule has 3 heterocycles. The van der Waals surface area contributed by atoms with Crippen LogP contribution in [-0.2, 0) is 24.1 Å². The highest BCUT2D eigenvalue weighted by molar-refractivity contribution is 9.10. The van der Waals surface area contributed by atoms with E-state index in [1.807, 2.05) is 0 Å². The van der Waals surface area contributed by atoms with E-state index in [2.05, 4.69) is 26.1 Å². The number of nitrogens with zero attached hydrogens (tertiary/aromatic N) is 6. The third-order valence-corrected chi connectivity index (χ3v) is 7.01. The molecule has 2 aromatic heterocycles. The first-order valence-electron chi connectivity index (χ1n) is 7.69.